The first-order valence-corrected chi connectivity index (χ1v) is 8.16. The Hall–Kier alpha value is -2.15. The molecule has 3 rings (SSSR count). The van der Waals surface area contributed by atoms with E-state index < -0.39 is 4.92 Å². The van der Waals surface area contributed by atoms with E-state index >= 15 is 0 Å². The molecular formula is C16H22N4O3. The molecule has 2 saturated heterocycles. The molecule has 2 heterocycles. The van der Waals surface area contributed by atoms with Crippen molar-refractivity contribution in [3.8, 4) is 0 Å². The fourth-order valence-electron chi connectivity index (χ4n) is 3.63. The summed E-state index contributed by atoms with van der Waals surface area (Å²) in [6, 6.07) is 7.03. The van der Waals surface area contributed by atoms with Gasteiger partial charge in [0.2, 0.25) is 5.91 Å². The number of carbonyl (C=O) groups is 1. The third-order valence-electron chi connectivity index (χ3n) is 4.74. The molecule has 7 nitrogen and oxygen atoms in total. The van der Waals surface area contributed by atoms with Gasteiger partial charge in [-0.25, -0.2) is 0 Å². The van der Waals surface area contributed by atoms with E-state index in [1.165, 1.54) is 18.9 Å². The molecule has 0 radical (unpaired) electrons. The van der Waals surface area contributed by atoms with Crippen LogP contribution in [0.15, 0.2) is 24.3 Å². The van der Waals surface area contributed by atoms with Crippen molar-refractivity contribution < 1.29 is 9.72 Å². The molecule has 0 unspecified atom stereocenters. The van der Waals surface area contributed by atoms with Gasteiger partial charge >= 0.3 is 0 Å². The first-order valence-electron chi connectivity index (χ1n) is 8.16. The number of fused-ring (bicyclic) bond motifs is 1. The minimum absolute atomic E-state index is 0.0142. The standard InChI is InChI=1S/C16H22N4O3/c21-16(11-17-12-5-1-2-7-15(12)20(22)23)18-13-8-10-19-9-4-3-6-14(13)19/h1-2,5,7,13-14,17H,3-4,6,8-11H2,(H,18,21)/t13-,14+/m0/s1. The second kappa shape index (κ2) is 6.95. The maximum Gasteiger partial charge on any atom is 0.292 e. The Labute approximate surface area is 135 Å². The summed E-state index contributed by atoms with van der Waals surface area (Å²) in [5.74, 6) is -0.111. The van der Waals surface area contributed by atoms with Crippen molar-refractivity contribution in [1.29, 1.82) is 0 Å². The van der Waals surface area contributed by atoms with E-state index in [0.29, 0.717) is 11.7 Å². The van der Waals surface area contributed by atoms with Gasteiger partial charge in [0.1, 0.15) is 5.69 Å². The number of piperidine rings is 1. The smallest absolute Gasteiger partial charge is 0.292 e. The van der Waals surface area contributed by atoms with Gasteiger partial charge in [0.15, 0.2) is 0 Å². The Morgan fingerprint density at radius 2 is 2.09 bits per heavy atom. The molecule has 2 aliphatic heterocycles. The van der Waals surface area contributed by atoms with Crippen molar-refractivity contribution in [1.82, 2.24) is 10.2 Å². The zero-order valence-electron chi connectivity index (χ0n) is 13.0. The lowest BCUT2D eigenvalue weighted by Crippen LogP contribution is -2.48. The SMILES string of the molecule is O=C(CNc1ccccc1[N+](=O)[O-])N[C@H]1CCN2CCCC[C@H]12. The van der Waals surface area contributed by atoms with Gasteiger partial charge < -0.3 is 10.6 Å². The minimum Gasteiger partial charge on any atom is -0.371 e. The topological polar surface area (TPSA) is 87.5 Å². The molecule has 2 fully saturated rings. The molecule has 0 spiro atoms. The first kappa shape index (κ1) is 15.7. The maximum absolute atomic E-state index is 12.2. The highest BCUT2D eigenvalue weighted by Gasteiger charge is 2.36. The fourth-order valence-corrected chi connectivity index (χ4v) is 3.63. The van der Waals surface area contributed by atoms with Crippen LogP contribution in [0.1, 0.15) is 25.7 Å². The molecule has 2 N–H and O–H groups in total. The number of nitrogens with zero attached hydrogens (tertiary/aromatic N) is 2. The molecule has 7 heteroatoms. The van der Waals surface area contributed by atoms with E-state index in [0.717, 1.165) is 25.9 Å². The van der Waals surface area contributed by atoms with Gasteiger partial charge in [-0.3, -0.25) is 19.8 Å². The third-order valence-corrected chi connectivity index (χ3v) is 4.74. The number of anilines is 1. The summed E-state index contributed by atoms with van der Waals surface area (Å²) in [5, 5.41) is 16.9. The van der Waals surface area contributed by atoms with Gasteiger partial charge in [-0.05, 0) is 31.9 Å². The second-order valence-electron chi connectivity index (χ2n) is 6.19. The number of rotatable bonds is 5. The van der Waals surface area contributed by atoms with Crippen LogP contribution in [0.2, 0.25) is 0 Å². The fraction of sp³-hybridized carbons (Fsp3) is 0.562. The Balaban J connectivity index is 1.53. The summed E-state index contributed by atoms with van der Waals surface area (Å²) in [4.78, 5) is 25.1. The summed E-state index contributed by atoms with van der Waals surface area (Å²) in [6.07, 6.45) is 4.60. The highest BCUT2D eigenvalue weighted by atomic mass is 16.6. The van der Waals surface area contributed by atoms with Gasteiger partial charge in [-0.15, -0.1) is 0 Å². The number of para-hydroxylation sites is 2. The summed E-state index contributed by atoms with van der Waals surface area (Å²) >= 11 is 0. The van der Waals surface area contributed by atoms with Crippen LogP contribution in [-0.4, -0.2) is 47.4 Å². The lowest BCUT2D eigenvalue weighted by molar-refractivity contribution is -0.383. The first-order chi connectivity index (χ1) is 11.1. The quantitative estimate of drug-likeness (QED) is 0.638. The number of amides is 1. The largest absolute Gasteiger partial charge is 0.371 e. The van der Waals surface area contributed by atoms with Crippen LogP contribution < -0.4 is 10.6 Å². The average molecular weight is 318 g/mol. The summed E-state index contributed by atoms with van der Waals surface area (Å²) in [7, 11) is 0. The van der Waals surface area contributed by atoms with Crippen LogP contribution in [0.4, 0.5) is 11.4 Å². The summed E-state index contributed by atoms with van der Waals surface area (Å²) < 4.78 is 0. The van der Waals surface area contributed by atoms with Crippen molar-refractivity contribution in [2.45, 2.75) is 37.8 Å². The average Bonchev–Trinajstić information content (AvgIpc) is 2.96. The van der Waals surface area contributed by atoms with Gasteiger partial charge in [-0.2, -0.15) is 0 Å². The Kier molecular flexibility index (Phi) is 4.76. The number of hydrogen-bond acceptors (Lipinski definition) is 5. The molecule has 2 atom stereocenters. The van der Waals surface area contributed by atoms with E-state index in [1.54, 1.807) is 18.2 Å². The number of hydrogen-bond donors (Lipinski definition) is 2. The van der Waals surface area contributed by atoms with Crippen molar-refractivity contribution in [2.24, 2.45) is 0 Å². The highest BCUT2D eigenvalue weighted by Crippen LogP contribution is 2.27. The van der Waals surface area contributed by atoms with Crippen molar-refractivity contribution >= 4 is 17.3 Å². The minimum atomic E-state index is -0.447. The lowest BCUT2D eigenvalue weighted by atomic mass is 9.99. The zero-order chi connectivity index (χ0) is 16.2. The maximum atomic E-state index is 12.2. The number of benzene rings is 1. The third kappa shape index (κ3) is 3.61. The highest BCUT2D eigenvalue weighted by molar-refractivity contribution is 5.82. The molecule has 1 amide bonds. The predicted molar refractivity (Wildman–Crippen MR) is 87.3 cm³/mol. The van der Waals surface area contributed by atoms with Gasteiger partial charge in [0, 0.05) is 24.7 Å². The molecular weight excluding hydrogens is 296 g/mol. The van der Waals surface area contributed by atoms with E-state index in [1.807, 2.05) is 0 Å². The molecule has 1 aromatic carbocycles. The Morgan fingerprint density at radius 1 is 1.26 bits per heavy atom. The summed E-state index contributed by atoms with van der Waals surface area (Å²) in [5.41, 5.74) is 0.359. The van der Waals surface area contributed by atoms with Gasteiger partial charge in [0.25, 0.3) is 5.69 Å². The number of carbonyl (C=O) groups excluding carboxylic acids is 1. The molecule has 2 aliphatic rings. The van der Waals surface area contributed by atoms with Crippen LogP contribution in [-0.2, 0) is 4.79 Å². The second-order valence-corrected chi connectivity index (χ2v) is 6.19. The van der Waals surface area contributed by atoms with Crippen LogP contribution in [0, 0.1) is 10.1 Å². The number of nitrogens with one attached hydrogen (secondary N) is 2. The van der Waals surface area contributed by atoms with Gasteiger partial charge in [0.05, 0.1) is 11.5 Å². The van der Waals surface area contributed by atoms with E-state index in [2.05, 4.69) is 15.5 Å². The van der Waals surface area contributed by atoms with Crippen LogP contribution in [0.3, 0.4) is 0 Å². The Bertz CT molecular complexity index is 592. The van der Waals surface area contributed by atoms with E-state index in [4.69, 9.17) is 0 Å². The van der Waals surface area contributed by atoms with Crippen molar-refractivity contribution in [3.63, 3.8) is 0 Å². The number of nitro benzene ring substituents is 1. The molecule has 0 saturated carbocycles. The molecule has 0 bridgehead atoms. The Morgan fingerprint density at radius 3 is 2.91 bits per heavy atom. The monoisotopic (exact) mass is 318 g/mol. The van der Waals surface area contributed by atoms with Crippen molar-refractivity contribution in [3.05, 3.63) is 34.4 Å². The molecule has 23 heavy (non-hydrogen) atoms. The van der Waals surface area contributed by atoms with Gasteiger partial charge in [-0.1, -0.05) is 18.6 Å². The number of nitro groups is 1. The predicted octanol–water partition coefficient (Wildman–Crippen LogP) is 1.75. The molecule has 124 valence electrons. The normalized spacial score (nSPS) is 24.0. The zero-order valence-corrected chi connectivity index (χ0v) is 13.0. The summed E-state index contributed by atoms with van der Waals surface area (Å²) in [6.45, 7) is 2.23. The molecule has 0 aliphatic carbocycles. The lowest BCUT2D eigenvalue weighted by Gasteiger charge is -2.32. The van der Waals surface area contributed by atoms with Crippen molar-refractivity contribution in [2.75, 3.05) is 25.0 Å². The van der Waals surface area contributed by atoms with Crippen LogP contribution in [0.25, 0.3) is 0 Å². The molecule has 1 aromatic rings. The van der Waals surface area contributed by atoms with E-state index in [-0.39, 0.29) is 24.2 Å². The van der Waals surface area contributed by atoms with Crippen LogP contribution >= 0.6 is 0 Å². The molecule has 0 aromatic heterocycles. The van der Waals surface area contributed by atoms with E-state index in [9.17, 15) is 14.9 Å². The van der Waals surface area contributed by atoms with Crippen LogP contribution in [0.5, 0.6) is 0 Å².